The normalized spacial score (nSPS) is 24.0. The lowest BCUT2D eigenvalue weighted by atomic mass is 9.65. The zero-order chi connectivity index (χ0) is 22.7. The minimum Gasteiger partial charge on any atom is -0.497 e. The van der Waals surface area contributed by atoms with E-state index < -0.39 is 0 Å². The van der Waals surface area contributed by atoms with Crippen LogP contribution in [0.2, 0.25) is 0 Å². The summed E-state index contributed by atoms with van der Waals surface area (Å²) < 4.78 is 12.8. The first-order valence-electron chi connectivity index (χ1n) is 11.3. The Morgan fingerprint density at radius 2 is 1.88 bits per heavy atom. The number of hydrogen-bond donors (Lipinski definition) is 0. The molecule has 0 spiro atoms. The van der Waals surface area contributed by atoms with Gasteiger partial charge in [-0.3, -0.25) is 4.79 Å². The number of carbonyl (C=O) groups excluding carboxylic acids is 1. The summed E-state index contributed by atoms with van der Waals surface area (Å²) in [4.78, 5) is 16.0. The lowest BCUT2D eigenvalue weighted by molar-refractivity contribution is 0.0699. The predicted octanol–water partition coefficient (Wildman–Crippen LogP) is 5.49. The number of aromatic nitrogens is 2. The van der Waals surface area contributed by atoms with Crippen LogP contribution in [0.1, 0.15) is 56.3 Å². The molecule has 1 aliphatic carbocycles. The molecule has 1 aliphatic heterocycles. The third-order valence-electron chi connectivity index (χ3n) is 6.91. The quantitative estimate of drug-likeness (QED) is 0.546. The standard InChI is InChI=1S/C26H31N3O3/c1-17-6-11-23(32-17)21-12-22(29(27-21)18-7-9-20(31-5)10-8-18)24(30)28-16-26(4)14-19(28)13-25(2,3)15-26/h6-12,19H,13-16H2,1-5H3. The summed E-state index contributed by atoms with van der Waals surface area (Å²) in [6.07, 6.45) is 3.26. The Balaban J connectivity index is 1.56. The number of rotatable bonds is 4. The van der Waals surface area contributed by atoms with Gasteiger partial charge in [-0.25, -0.2) is 4.68 Å². The van der Waals surface area contributed by atoms with E-state index in [1.165, 1.54) is 0 Å². The van der Waals surface area contributed by atoms with Gasteiger partial charge in [0.2, 0.25) is 0 Å². The molecule has 1 saturated carbocycles. The van der Waals surface area contributed by atoms with Crippen molar-refractivity contribution >= 4 is 5.91 Å². The van der Waals surface area contributed by atoms with Gasteiger partial charge in [0, 0.05) is 18.7 Å². The number of fused-ring (bicyclic) bond motifs is 2. The molecule has 0 radical (unpaired) electrons. The van der Waals surface area contributed by atoms with E-state index in [-0.39, 0.29) is 22.8 Å². The van der Waals surface area contributed by atoms with E-state index in [9.17, 15) is 4.79 Å². The van der Waals surface area contributed by atoms with Crippen LogP contribution < -0.4 is 4.74 Å². The highest BCUT2D eigenvalue weighted by molar-refractivity contribution is 5.94. The summed E-state index contributed by atoms with van der Waals surface area (Å²) >= 11 is 0. The largest absolute Gasteiger partial charge is 0.497 e. The van der Waals surface area contributed by atoms with Crippen LogP contribution in [0.4, 0.5) is 0 Å². The van der Waals surface area contributed by atoms with Crippen molar-refractivity contribution < 1.29 is 13.9 Å². The molecule has 1 saturated heterocycles. The number of hydrogen-bond acceptors (Lipinski definition) is 4. The van der Waals surface area contributed by atoms with E-state index in [0.29, 0.717) is 17.1 Å². The maximum Gasteiger partial charge on any atom is 0.272 e. The van der Waals surface area contributed by atoms with Crippen LogP contribution >= 0.6 is 0 Å². The molecular weight excluding hydrogens is 402 g/mol. The summed E-state index contributed by atoms with van der Waals surface area (Å²) in [5.41, 5.74) is 2.46. The van der Waals surface area contributed by atoms with Crippen molar-refractivity contribution in [3.63, 3.8) is 0 Å². The molecule has 6 nitrogen and oxygen atoms in total. The van der Waals surface area contributed by atoms with Crippen molar-refractivity contribution in [2.75, 3.05) is 13.7 Å². The number of ether oxygens (including phenoxy) is 1. The fraction of sp³-hybridized carbons (Fsp3) is 0.462. The van der Waals surface area contributed by atoms with Crippen LogP contribution in [-0.2, 0) is 0 Å². The highest BCUT2D eigenvalue weighted by Crippen LogP contribution is 2.52. The Kier molecular flexibility index (Phi) is 4.73. The third kappa shape index (κ3) is 3.61. The first kappa shape index (κ1) is 20.9. The molecule has 1 aromatic carbocycles. The predicted molar refractivity (Wildman–Crippen MR) is 123 cm³/mol. The molecule has 2 atom stereocenters. The number of aryl methyl sites for hydroxylation is 1. The van der Waals surface area contributed by atoms with E-state index in [1.54, 1.807) is 11.8 Å². The molecule has 2 aromatic heterocycles. The zero-order valence-electron chi connectivity index (χ0n) is 19.5. The molecule has 2 bridgehead atoms. The third-order valence-corrected chi connectivity index (χ3v) is 6.91. The van der Waals surface area contributed by atoms with Crippen LogP contribution in [0, 0.1) is 17.8 Å². The smallest absolute Gasteiger partial charge is 0.272 e. The molecule has 2 aliphatic rings. The number of methoxy groups -OCH3 is 1. The first-order valence-corrected chi connectivity index (χ1v) is 11.3. The Labute approximate surface area is 189 Å². The van der Waals surface area contributed by atoms with Gasteiger partial charge in [-0.1, -0.05) is 20.8 Å². The number of benzene rings is 1. The fourth-order valence-electron chi connectivity index (χ4n) is 5.99. The lowest BCUT2D eigenvalue weighted by Crippen LogP contribution is -2.38. The number of furan rings is 1. The van der Waals surface area contributed by atoms with E-state index in [0.717, 1.165) is 43.0 Å². The minimum atomic E-state index is 0.0364. The van der Waals surface area contributed by atoms with Crippen molar-refractivity contribution in [2.24, 2.45) is 10.8 Å². The van der Waals surface area contributed by atoms with Gasteiger partial charge in [0.1, 0.15) is 22.9 Å². The topological polar surface area (TPSA) is 60.5 Å². The van der Waals surface area contributed by atoms with Crippen LogP contribution in [0.3, 0.4) is 0 Å². The number of carbonyl (C=O) groups is 1. The van der Waals surface area contributed by atoms with E-state index in [1.807, 2.05) is 49.4 Å². The van der Waals surface area contributed by atoms with Gasteiger partial charge in [-0.2, -0.15) is 5.10 Å². The molecule has 3 aromatic rings. The van der Waals surface area contributed by atoms with Crippen LogP contribution in [-0.4, -0.2) is 40.3 Å². The minimum absolute atomic E-state index is 0.0364. The van der Waals surface area contributed by atoms with Crippen molar-refractivity contribution in [1.29, 1.82) is 0 Å². The maximum atomic E-state index is 13.9. The molecule has 0 N–H and O–H groups in total. The zero-order valence-corrected chi connectivity index (χ0v) is 19.5. The maximum absolute atomic E-state index is 13.9. The molecular formula is C26H31N3O3. The Morgan fingerprint density at radius 1 is 1.12 bits per heavy atom. The van der Waals surface area contributed by atoms with E-state index in [4.69, 9.17) is 14.3 Å². The highest BCUT2D eigenvalue weighted by Gasteiger charge is 2.51. The highest BCUT2D eigenvalue weighted by atomic mass is 16.5. The second-order valence-corrected chi connectivity index (χ2v) is 10.6. The molecule has 1 amide bonds. The fourth-order valence-corrected chi connectivity index (χ4v) is 5.99. The number of nitrogens with zero attached hydrogens (tertiary/aromatic N) is 3. The SMILES string of the molecule is COc1ccc(-n2nc(-c3ccc(C)o3)cc2C(=O)N2CC3(C)CC2CC(C)(C)C3)cc1. The van der Waals surface area contributed by atoms with E-state index >= 15 is 0 Å². The molecule has 5 rings (SSSR count). The molecule has 2 fully saturated rings. The summed E-state index contributed by atoms with van der Waals surface area (Å²) in [7, 11) is 1.64. The second kappa shape index (κ2) is 7.26. The van der Waals surface area contributed by atoms with Gasteiger partial charge in [-0.05, 0) is 73.4 Å². The average Bonchev–Trinajstić information content (AvgIpc) is 3.42. The van der Waals surface area contributed by atoms with Gasteiger partial charge >= 0.3 is 0 Å². The lowest BCUT2D eigenvalue weighted by Gasteiger charge is -2.39. The molecule has 2 unspecified atom stereocenters. The van der Waals surface area contributed by atoms with Crippen molar-refractivity contribution in [3.8, 4) is 22.9 Å². The second-order valence-electron chi connectivity index (χ2n) is 10.6. The average molecular weight is 434 g/mol. The van der Waals surface area contributed by atoms with Crippen LogP contribution in [0.15, 0.2) is 46.9 Å². The summed E-state index contributed by atoms with van der Waals surface area (Å²) in [5.74, 6) is 2.28. The van der Waals surface area contributed by atoms with Crippen LogP contribution in [0.5, 0.6) is 5.75 Å². The van der Waals surface area contributed by atoms with Crippen LogP contribution in [0.25, 0.3) is 17.1 Å². The van der Waals surface area contributed by atoms with Gasteiger partial charge in [0.05, 0.1) is 12.8 Å². The Bertz CT molecular complexity index is 1160. The molecule has 32 heavy (non-hydrogen) atoms. The van der Waals surface area contributed by atoms with Gasteiger partial charge in [0.15, 0.2) is 5.76 Å². The summed E-state index contributed by atoms with van der Waals surface area (Å²) in [6.45, 7) is 9.67. The van der Waals surface area contributed by atoms with Crippen molar-refractivity contribution in [3.05, 3.63) is 53.9 Å². The first-order chi connectivity index (χ1) is 15.2. The molecule has 168 valence electrons. The number of amides is 1. The Hall–Kier alpha value is -3.02. The van der Waals surface area contributed by atoms with Crippen molar-refractivity contribution in [1.82, 2.24) is 14.7 Å². The van der Waals surface area contributed by atoms with Gasteiger partial charge in [-0.15, -0.1) is 0 Å². The molecule has 3 heterocycles. The van der Waals surface area contributed by atoms with Gasteiger partial charge in [0.25, 0.3) is 5.91 Å². The molecule has 6 heteroatoms. The summed E-state index contributed by atoms with van der Waals surface area (Å²) in [5, 5.41) is 4.78. The van der Waals surface area contributed by atoms with Crippen molar-refractivity contribution in [2.45, 2.75) is 53.0 Å². The monoisotopic (exact) mass is 433 g/mol. The Morgan fingerprint density at radius 3 is 2.53 bits per heavy atom. The van der Waals surface area contributed by atoms with Gasteiger partial charge < -0.3 is 14.1 Å². The summed E-state index contributed by atoms with van der Waals surface area (Å²) in [6, 6.07) is 13.6. The number of likely N-dealkylation sites (tertiary alicyclic amines) is 1. The van der Waals surface area contributed by atoms with E-state index in [2.05, 4.69) is 25.7 Å².